The normalized spacial score (nSPS) is 16.4. The zero-order valence-electron chi connectivity index (χ0n) is 20.9. The Hall–Kier alpha value is -3.56. The zero-order chi connectivity index (χ0) is 24.5. The molecule has 4 aromatic rings. The lowest BCUT2D eigenvalue weighted by Crippen LogP contribution is -2.46. The van der Waals surface area contributed by atoms with Gasteiger partial charge < -0.3 is 15.6 Å². The molecule has 2 aliphatic rings. The molecule has 1 fully saturated rings. The highest BCUT2D eigenvalue weighted by molar-refractivity contribution is 5.99. The molecule has 0 radical (unpaired) electrons. The number of benzene rings is 2. The van der Waals surface area contributed by atoms with Crippen LogP contribution >= 0.6 is 0 Å². The van der Waals surface area contributed by atoms with Crippen molar-refractivity contribution in [3.05, 3.63) is 65.0 Å². The molecule has 0 amide bonds. The molecular formula is C30H34N6. The van der Waals surface area contributed by atoms with Gasteiger partial charge in [-0.05, 0) is 86.9 Å². The van der Waals surface area contributed by atoms with Crippen LogP contribution in [0.3, 0.4) is 0 Å². The molecule has 3 heterocycles. The van der Waals surface area contributed by atoms with Crippen LogP contribution in [0.2, 0.25) is 0 Å². The van der Waals surface area contributed by atoms with Crippen molar-refractivity contribution in [1.82, 2.24) is 14.9 Å². The van der Waals surface area contributed by atoms with Crippen LogP contribution < -0.4 is 10.6 Å². The number of unbranched alkanes of at least 4 members (excludes halogenated alkanes) is 1. The van der Waals surface area contributed by atoms with Crippen molar-refractivity contribution in [2.45, 2.75) is 44.9 Å². The summed E-state index contributed by atoms with van der Waals surface area (Å²) < 4.78 is 0. The Kier molecular flexibility index (Phi) is 6.25. The lowest BCUT2D eigenvalue weighted by Gasteiger charge is -2.36. The molecule has 6 rings (SSSR count). The quantitative estimate of drug-likeness (QED) is 0.372. The van der Waals surface area contributed by atoms with Gasteiger partial charge in [-0.25, -0.2) is 0 Å². The van der Waals surface area contributed by atoms with Crippen molar-refractivity contribution in [3.8, 4) is 6.07 Å². The number of hydrogen-bond acceptors (Lipinski definition) is 5. The maximum Gasteiger partial charge on any atom is 0.0991 e. The first-order chi connectivity index (χ1) is 17.7. The van der Waals surface area contributed by atoms with Crippen molar-refractivity contribution < 1.29 is 0 Å². The van der Waals surface area contributed by atoms with E-state index in [0.29, 0.717) is 0 Å². The molecule has 1 saturated heterocycles. The minimum atomic E-state index is 0.727. The minimum absolute atomic E-state index is 0.727. The number of nitrogens with zero attached hydrogens (tertiary/aromatic N) is 4. The van der Waals surface area contributed by atoms with Crippen LogP contribution in [0.4, 0.5) is 11.4 Å². The Morgan fingerprint density at radius 2 is 1.86 bits per heavy atom. The maximum atomic E-state index is 9.21. The molecule has 6 heteroatoms. The molecule has 1 aliphatic heterocycles. The molecule has 0 spiro atoms. The summed E-state index contributed by atoms with van der Waals surface area (Å²) in [6.45, 7) is 5.34. The molecule has 0 bridgehead atoms. The molecule has 2 aromatic carbocycles. The fraction of sp³-hybridized carbons (Fsp3) is 0.400. The van der Waals surface area contributed by atoms with Gasteiger partial charge in [-0.2, -0.15) is 5.26 Å². The molecule has 3 N–H and O–H groups in total. The van der Waals surface area contributed by atoms with E-state index >= 15 is 0 Å². The molecule has 36 heavy (non-hydrogen) atoms. The number of nitrogens with one attached hydrogen (secondary N) is 1. The predicted molar refractivity (Wildman–Crippen MR) is 147 cm³/mol. The average Bonchev–Trinajstić information content (AvgIpc) is 3.33. The summed E-state index contributed by atoms with van der Waals surface area (Å²) in [5, 5.41) is 11.5. The highest BCUT2D eigenvalue weighted by Gasteiger charge is 2.22. The van der Waals surface area contributed by atoms with Gasteiger partial charge in [-0.3, -0.25) is 9.88 Å². The van der Waals surface area contributed by atoms with Gasteiger partial charge >= 0.3 is 0 Å². The maximum absolute atomic E-state index is 9.21. The lowest BCUT2D eigenvalue weighted by atomic mass is 9.92. The highest BCUT2D eigenvalue weighted by atomic mass is 15.3. The Morgan fingerprint density at radius 1 is 1.00 bits per heavy atom. The first-order valence-electron chi connectivity index (χ1n) is 13.4. The molecule has 1 aliphatic carbocycles. The van der Waals surface area contributed by atoms with Gasteiger partial charge in [0.15, 0.2) is 0 Å². The third-order valence-corrected chi connectivity index (χ3v) is 8.10. The lowest BCUT2D eigenvalue weighted by molar-refractivity contribution is 0.253. The SMILES string of the molecule is N#Cc1ccc2[nH]cc(CCCCN3CCN(c4cccc5c(N)c6c(nc45)CCCC6)CC3)c2c1. The largest absolute Gasteiger partial charge is 0.398 e. The number of H-pyrrole nitrogens is 1. The van der Waals surface area contributed by atoms with Gasteiger partial charge in [0.05, 0.1) is 22.8 Å². The van der Waals surface area contributed by atoms with Crippen molar-refractivity contribution in [2.24, 2.45) is 0 Å². The van der Waals surface area contributed by atoms with E-state index in [1.807, 2.05) is 18.2 Å². The minimum Gasteiger partial charge on any atom is -0.398 e. The second-order valence-corrected chi connectivity index (χ2v) is 10.3. The summed E-state index contributed by atoms with van der Waals surface area (Å²) in [5.41, 5.74) is 15.6. The number of aromatic amines is 1. The van der Waals surface area contributed by atoms with Gasteiger partial charge in [-0.15, -0.1) is 0 Å². The van der Waals surface area contributed by atoms with Gasteiger partial charge in [-0.1, -0.05) is 12.1 Å². The number of pyridine rings is 1. The number of anilines is 2. The third-order valence-electron chi connectivity index (χ3n) is 8.10. The Labute approximate surface area is 212 Å². The van der Waals surface area contributed by atoms with Crippen LogP contribution in [0.25, 0.3) is 21.8 Å². The Balaban J connectivity index is 1.06. The van der Waals surface area contributed by atoms with Crippen LogP contribution in [0, 0.1) is 11.3 Å². The van der Waals surface area contributed by atoms with Crippen molar-refractivity contribution in [2.75, 3.05) is 43.4 Å². The van der Waals surface area contributed by atoms with Crippen molar-refractivity contribution >= 4 is 33.2 Å². The van der Waals surface area contributed by atoms with Gasteiger partial charge in [0.25, 0.3) is 0 Å². The average molecular weight is 479 g/mol. The fourth-order valence-corrected chi connectivity index (χ4v) is 6.04. The number of para-hydroxylation sites is 1. The molecule has 184 valence electrons. The molecule has 0 unspecified atom stereocenters. The Morgan fingerprint density at radius 3 is 2.72 bits per heavy atom. The number of nitrogen functional groups attached to an aromatic ring is 1. The van der Waals surface area contributed by atoms with Crippen LogP contribution in [0.5, 0.6) is 0 Å². The van der Waals surface area contributed by atoms with E-state index in [2.05, 4.69) is 45.2 Å². The van der Waals surface area contributed by atoms with Crippen LogP contribution in [-0.2, 0) is 19.3 Å². The third kappa shape index (κ3) is 4.29. The van der Waals surface area contributed by atoms with E-state index in [0.717, 1.165) is 86.1 Å². The number of rotatable bonds is 6. The number of fused-ring (bicyclic) bond motifs is 3. The Bertz CT molecular complexity index is 1440. The zero-order valence-corrected chi connectivity index (χ0v) is 20.9. The summed E-state index contributed by atoms with van der Waals surface area (Å²) in [4.78, 5) is 13.6. The second-order valence-electron chi connectivity index (χ2n) is 10.3. The first kappa shape index (κ1) is 22.9. The van der Waals surface area contributed by atoms with Crippen molar-refractivity contribution in [3.63, 3.8) is 0 Å². The van der Waals surface area contributed by atoms with Crippen LogP contribution in [0.15, 0.2) is 42.6 Å². The number of nitrogens with two attached hydrogens (primary N) is 1. The number of hydrogen-bond donors (Lipinski definition) is 2. The number of nitriles is 1. The summed E-state index contributed by atoms with van der Waals surface area (Å²) in [6.07, 6.45) is 10.0. The second kappa shape index (κ2) is 9.83. The molecule has 6 nitrogen and oxygen atoms in total. The van der Waals surface area contributed by atoms with Gasteiger partial charge in [0.1, 0.15) is 0 Å². The van der Waals surface area contributed by atoms with Crippen molar-refractivity contribution in [1.29, 1.82) is 5.26 Å². The van der Waals surface area contributed by atoms with Crippen LogP contribution in [-0.4, -0.2) is 47.6 Å². The molecule has 0 atom stereocenters. The first-order valence-corrected chi connectivity index (χ1v) is 13.4. The molecule has 0 saturated carbocycles. The summed E-state index contributed by atoms with van der Waals surface area (Å²) in [7, 11) is 0. The topological polar surface area (TPSA) is 85.0 Å². The fourth-order valence-electron chi connectivity index (χ4n) is 6.04. The van der Waals surface area contributed by atoms with E-state index in [1.165, 1.54) is 47.2 Å². The highest BCUT2D eigenvalue weighted by Crippen LogP contribution is 2.35. The van der Waals surface area contributed by atoms with E-state index < -0.39 is 0 Å². The smallest absolute Gasteiger partial charge is 0.0991 e. The number of aromatic nitrogens is 2. The molecule has 2 aromatic heterocycles. The summed E-state index contributed by atoms with van der Waals surface area (Å²) >= 11 is 0. The molecular weight excluding hydrogens is 444 g/mol. The summed E-state index contributed by atoms with van der Waals surface area (Å²) in [6, 6.07) is 14.6. The summed E-state index contributed by atoms with van der Waals surface area (Å²) in [5.74, 6) is 0. The van der Waals surface area contributed by atoms with Crippen LogP contribution in [0.1, 0.15) is 48.1 Å². The van der Waals surface area contributed by atoms with Gasteiger partial charge in [0.2, 0.25) is 0 Å². The standard InChI is InChI=1S/C30H34N6/c31-19-21-11-12-26-25(18-21)22(20-33-26)6-3-4-13-35-14-16-36(17-15-35)28-10-5-8-24-29(32)23-7-1-2-9-27(23)34-30(24)28/h5,8,10-12,18,20,33H,1-4,6-7,9,13-17H2,(H2,32,34). The number of piperazine rings is 1. The monoisotopic (exact) mass is 478 g/mol. The number of aryl methyl sites for hydroxylation is 2. The van der Waals surface area contributed by atoms with Gasteiger partial charge in [0, 0.05) is 60.0 Å². The predicted octanol–water partition coefficient (Wildman–Crippen LogP) is 5.19. The van der Waals surface area contributed by atoms with E-state index in [-0.39, 0.29) is 0 Å². The van der Waals surface area contributed by atoms with E-state index in [1.54, 1.807) is 0 Å². The van der Waals surface area contributed by atoms with E-state index in [9.17, 15) is 5.26 Å². The van der Waals surface area contributed by atoms with E-state index in [4.69, 9.17) is 10.7 Å².